The molecule has 0 spiro atoms. The Bertz CT molecular complexity index is 258. The molecular formula is C9H13F2NO2. The summed E-state index contributed by atoms with van der Waals surface area (Å²) in [6.07, 6.45) is 1.10. The molecule has 14 heavy (non-hydrogen) atoms. The van der Waals surface area contributed by atoms with E-state index in [4.69, 9.17) is 5.11 Å². The first-order valence-corrected chi connectivity index (χ1v) is 4.83. The van der Waals surface area contributed by atoms with Crippen molar-refractivity contribution < 1.29 is 18.7 Å². The summed E-state index contributed by atoms with van der Waals surface area (Å²) < 4.78 is 27.6. The van der Waals surface area contributed by atoms with E-state index in [0.717, 1.165) is 0 Å². The van der Waals surface area contributed by atoms with E-state index >= 15 is 0 Å². The molecule has 1 aliphatic heterocycles. The molecule has 2 bridgehead atoms. The Morgan fingerprint density at radius 3 is 2.79 bits per heavy atom. The predicted octanol–water partition coefficient (Wildman–Crippen LogP) is 1.10. The van der Waals surface area contributed by atoms with Crippen molar-refractivity contribution in [1.29, 1.82) is 0 Å². The number of alkyl halides is 2. The summed E-state index contributed by atoms with van der Waals surface area (Å²) in [5, 5.41) is 11.8. The lowest BCUT2D eigenvalue weighted by Gasteiger charge is -2.48. The van der Waals surface area contributed by atoms with Crippen LogP contribution in [0, 0.1) is 11.3 Å². The highest BCUT2D eigenvalue weighted by molar-refractivity contribution is 5.77. The quantitative estimate of drug-likeness (QED) is 0.673. The number of carboxylic acids is 1. The smallest absolute Gasteiger partial charge is 0.317 e. The van der Waals surface area contributed by atoms with Gasteiger partial charge in [0.15, 0.2) is 0 Å². The standard InChI is InChI=1S/C9H13F2NO2/c10-9(11)6-2-1-3-8(9,7(13)14)5-12-4-6/h6,12H,1-5H2,(H,13,14). The zero-order valence-corrected chi connectivity index (χ0v) is 7.72. The molecule has 1 heterocycles. The number of carboxylic acid groups (broad SMARTS) is 1. The van der Waals surface area contributed by atoms with Crippen molar-refractivity contribution in [3.63, 3.8) is 0 Å². The van der Waals surface area contributed by atoms with Crippen LogP contribution >= 0.6 is 0 Å². The maximum absolute atomic E-state index is 13.8. The number of piperidine rings is 1. The molecule has 0 aromatic heterocycles. The van der Waals surface area contributed by atoms with E-state index in [1.165, 1.54) is 0 Å². The van der Waals surface area contributed by atoms with Crippen molar-refractivity contribution in [2.24, 2.45) is 11.3 Å². The first-order chi connectivity index (χ1) is 6.51. The van der Waals surface area contributed by atoms with Crippen LogP contribution in [-0.4, -0.2) is 30.1 Å². The summed E-state index contributed by atoms with van der Waals surface area (Å²) in [7, 11) is 0. The van der Waals surface area contributed by atoms with Gasteiger partial charge < -0.3 is 10.4 Å². The monoisotopic (exact) mass is 205 g/mol. The average Bonchev–Trinajstić information content (AvgIpc) is 2.00. The molecule has 1 saturated carbocycles. The molecule has 0 aromatic rings. The summed E-state index contributed by atoms with van der Waals surface area (Å²) in [6, 6.07) is 0. The molecule has 0 amide bonds. The Labute approximate surface area is 80.5 Å². The molecule has 0 radical (unpaired) electrons. The number of carbonyl (C=O) groups is 1. The molecule has 2 N–H and O–H groups in total. The van der Waals surface area contributed by atoms with Crippen LogP contribution in [0.15, 0.2) is 0 Å². The molecule has 5 heteroatoms. The Morgan fingerprint density at radius 1 is 1.50 bits per heavy atom. The highest BCUT2D eigenvalue weighted by Crippen LogP contribution is 2.52. The molecular weight excluding hydrogens is 192 g/mol. The Balaban J connectivity index is 2.40. The van der Waals surface area contributed by atoms with Crippen LogP contribution in [0.1, 0.15) is 19.3 Å². The topological polar surface area (TPSA) is 49.3 Å². The molecule has 2 unspecified atom stereocenters. The number of hydrogen-bond acceptors (Lipinski definition) is 2. The number of halogens is 2. The number of aliphatic carboxylic acids is 1. The first kappa shape index (κ1) is 9.83. The van der Waals surface area contributed by atoms with Crippen LogP contribution in [0.5, 0.6) is 0 Å². The van der Waals surface area contributed by atoms with Gasteiger partial charge in [0.2, 0.25) is 0 Å². The Morgan fingerprint density at radius 2 is 2.21 bits per heavy atom. The van der Waals surface area contributed by atoms with E-state index in [1.54, 1.807) is 0 Å². The summed E-state index contributed by atoms with van der Waals surface area (Å²) in [5.41, 5.74) is -1.85. The van der Waals surface area contributed by atoms with Crippen molar-refractivity contribution in [3.05, 3.63) is 0 Å². The van der Waals surface area contributed by atoms with E-state index < -0.39 is 23.2 Å². The lowest BCUT2D eigenvalue weighted by molar-refractivity contribution is -0.216. The van der Waals surface area contributed by atoms with E-state index in [2.05, 4.69) is 5.32 Å². The lowest BCUT2D eigenvalue weighted by atomic mass is 9.64. The highest BCUT2D eigenvalue weighted by Gasteiger charge is 2.66. The third kappa shape index (κ3) is 1.02. The third-order valence-electron chi connectivity index (χ3n) is 3.53. The van der Waals surface area contributed by atoms with E-state index in [0.29, 0.717) is 12.8 Å². The minimum atomic E-state index is -3.05. The zero-order valence-electron chi connectivity index (χ0n) is 7.72. The molecule has 2 aliphatic rings. The Kier molecular flexibility index (Phi) is 2.03. The van der Waals surface area contributed by atoms with Gasteiger partial charge >= 0.3 is 5.97 Å². The second kappa shape index (κ2) is 2.89. The van der Waals surface area contributed by atoms with Crippen molar-refractivity contribution in [3.8, 4) is 0 Å². The van der Waals surface area contributed by atoms with Gasteiger partial charge in [-0.05, 0) is 12.8 Å². The number of rotatable bonds is 1. The van der Waals surface area contributed by atoms with Gasteiger partial charge in [0.1, 0.15) is 5.41 Å². The first-order valence-electron chi connectivity index (χ1n) is 4.83. The fourth-order valence-corrected chi connectivity index (χ4v) is 2.61. The molecule has 1 saturated heterocycles. The SMILES string of the molecule is O=C(O)C12CCCC(CNC1)C2(F)F. The molecule has 1 aliphatic carbocycles. The predicted molar refractivity (Wildman–Crippen MR) is 45.2 cm³/mol. The highest BCUT2D eigenvalue weighted by atomic mass is 19.3. The zero-order chi connectivity index (χ0) is 10.4. The number of hydrogen-bond donors (Lipinski definition) is 2. The van der Waals surface area contributed by atoms with Crippen LogP contribution in [0.4, 0.5) is 8.78 Å². The normalized spacial score (nSPS) is 40.6. The van der Waals surface area contributed by atoms with Crippen LogP contribution < -0.4 is 5.32 Å². The fraction of sp³-hybridized carbons (Fsp3) is 0.889. The van der Waals surface area contributed by atoms with Crippen LogP contribution in [0.25, 0.3) is 0 Å². The second-order valence-electron chi connectivity index (χ2n) is 4.23. The van der Waals surface area contributed by atoms with Crippen molar-refractivity contribution >= 4 is 5.97 Å². The van der Waals surface area contributed by atoms with Gasteiger partial charge in [-0.15, -0.1) is 0 Å². The summed E-state index contributed by atoms with van der Waals surface area (Å²) in [4.78, 5) is 11.0. The maximum Gasteiger partial charge on any atom is 0.317 e. The van der Waals surface area contributed by atoms with Gasteiger partial charge in [-0.25, -0.2) is 8.78 Å². The number of nitrogens with one attached hydrogen (secondary N) is 1. The molecule has 2 rings (SSSR count). The lowest BCUT2D eigenvalue weighted by Crippen LogP contribution is -2.65. The largest absolute Gasteiger partial charge is 0.481 e. The van der Waals surface area contributed by atoms with E-state index in [-0.39, 0.29) is 19.5 Å². The van der Waals surface area contributed by atoms with Crippen molar-refractivity contribution in [1.82, 2.24) is 5.32 Å². The van der Waals surface area contributed by atoms with Crippen molar-refractivity contribution in [2.75, 3.05) is 13.1 Å². The minimum Gasteiger partial charge on any atom is -0.481 e. The van der Waals surface area contributed by atoms with Gasteiger partial charge in [-0.3, -0.25) is 4.79 Å². The van der Waals surface area contributed by atoms with Crippen molar-refractivity contribution in [2.45, 2.75) is 25.2 Å². The maximum atomic E-state index is 13.8. The molecule has 2 fully saturated rings. The van der Waals surface area contributed by atoms with Gasteiger partial charge in [-0.2, -0.15) is 0 Å². The van der Waals surface area contributed by atoms with Gasteiger partial charge in [-0.1, -0.05) is 6.42 Å². The summed E-state index contributed by atoms with van der Waals surface area (Å²) >= 11 is 0. The molecule has 80 valence electrons. The second-order valence-corrected chi connectivity index (χ2v) is 4.23. The minimum absolute atomic E-state index is 0.0822. The fourth-order valence-electron chi connectivity index (χ4n) is 2.61. The van der Waals surface area contributed by atoms with Gasteiger partial charge in [0.05, 0.1) is 0 Å². The number of fused-ring (bicyclic) bond motifs is 2. The van der Waals surface area contributed by atoms with Crippen LogP contribution in [0.3, 0.4) is 0 Å². The van der Waals surface area contributed by atoms with Gasteiger partial charge in [0, 0.05) is 19.0 Å². The third-order valence-corrected chi connectivity index (χ3v) is 3.53. The summed E-state index contributed by atoms with van der Waals surface area (Å²) in [5.74, 6) is -5.22. The van der Waals surface area contributed by atoms with Crippen LogP contribution in [0.2, 0.25) is 0 Å². The Hall–Kier alpha value is -0.710. The van der Waals surface area contributed by atoms with E-state index in [9.17, 15) is 13.6 Å². The van der Waals surface area contributed by atoms with E-state index in [1.807, 2.05) is 0 Å². The summed E-state index contributed by atoms with van der Waals surface area (Å²) in [6.45, 7) is 0.133. The van der Waals surface area contributed by atoms with Crippen LogP contribution in [-0.2, 0) is 4.79 Å². The molecule has 3 nitrogen and oxygen atoms in total. The van der Waals surface area contributed by atoms with Gasteiger partial charge in [0.25, 0.3) is 5.92 Å². The molecule has 2 atom stereocenters. The molecule has 0 aromatic carbocycles. The average molecular weight is 205 g/mol.